The first kappa shape index (κ1) is 22.8. The van der Waals surface area contributed by atoms with E-state index in [0.717, 1.165) is 24.1 Å². The van der Waals surface area contributed by atoms with E-state index in [1.54, 1.807) is 29.3 Å². The van der Waals surface area contributed by atoms with E-state index in [0.29, 0.717) is 43.8 Å². The average Bonchev–Trinajstić information content (AvgIpc) is 2.85. The molecule has 1 N–H and O–H groups in total. The van der Waals surface area contributed by atoms with Gasteiger partial charge < -0.3 is 9.64 Å². The van der Waals surface area contributed by atoms with E-state index in [1.807, 2.05) is 25.1 Å². The Hall–Kier alpha value is -3.39. The molecule has 172 valence electrons. The molecule has 1 aliphatic rings. The summed E-state index contributed by atoms with van der Waals surface area (Å²) in [6.45, 7) is 3.25. The lowest BCUT2D eigenvalue weighted by Crippen LogP contribution is -2.43. The van der Waals surface area contributed by atoms with E-state index in [1.165, 1.54) is 6.07 Å². The lowest BCUT2D eigenvalue weighted by molar-refractivity contribution is -0.00797. The first-order valence-corrected chi connectivity index (χ1v) is 11.2. The van der Waals surface area contributed by atoms with Crippen LogP contribution in [0.2, 0.25) is 0 Å². The van der Waals surface area contributed by atoms with Crippen molar-refractivity contribution in [3.8, 4) is 0 Å². The number of ether oxygens (including phenoxy) is 1. The summed E-state index contributed by atoms with van der Waals surface area (Å²) in [6.07, 6.45) is 4.22. The minimum absolute atomic E-state index is 0.0398. The number of hydrogen-bond acceptors (Lipinski definition) is 5. The number of carbonyl (C=O) groups is 1. The maximum atomic E-state index is 14.6. The average molecular weight is 451 g/mol. The summed E-state index contributed by atoms with van der Waals surface area (Å²) in [7, 11) is 0. The number of nitrogens with one attached hydrogen (secondary N) is 1. The summed E-state index contributed by atoms with van der Waals surface area (Å²) >= 11 is 0. The fraction of sp³-hybridized carbons (Fsp3) is 0.360. The zero-order valence-corrected chi connectivity index (χ0v) is 18.6. The first-order valence-electron chi connectivity index (χ1n) is 11.2. The maximum absolute atomic E-state index is 14.6. The van der Waals surface area contributed by atoms with Crippen molar-refractivity contribution in [1.82, 2.24) is 20.1 Å². The molecule has 0 aliphatic carbocycles. The van der Waals surface area contributed by atoms with Gasteiger partial charge in [-0.1, -0.05) is 19.1 Å². The highest BCUT2D eigenvalue weighted by Crippen LogP contribution is 2.20. The van der Waals surface area contributed by atoms with Crippen LogP contribution in [0.5, 0.6) is 0 Å². The molecule has 1 saturated heterocycles. The first-order chi connectivity index (χ1) is 16.0. The van der Waals surface area contributed by atoms with Crippen LogP contribution in [0.4, 0.5) is 4.39 Å². The standard InChI is InChI=1S/C25H27FN4O3/c1-2-18-14-20(28-29-24(18)31)12-17-8-9-23(26)22(13-17)25(32)30-11-5-7-21(15-30)33-16-19-6-3-4-10-27-19/h3-4,6,8-10,13-14,21H,2,5,7,11-12,15-16H2,1H3,(H,29,31). The van der Waals surface area contributed by atoms with Gasteiger partial charge in [-0.05, 0) is 55.2 Å². The molecule has 8 heteroatoms. The number of aryl methyl sites for hydroxylation is 1. The number of aromatic nitrogens is 3. The third kappa shape index (κ3) is 5.70. The number of pyridine rings is 1. The molecule has 0 bridgehead atoms. The third-order valence-electron chi connectivity index (χ3n) is 5.82. The highest BCUT2D eigenvalue weighted by molar-refractivity contribution is 5.94. The van der Waals surface area contributed by atoms with Crippen molar-refractivity contribution in [3.63, 3.8) is 0 Å². The van der Waals surface area contributed by atoms with Gasteiger partial charge in [0, 0.05) is 31.3 Å². The quantitative estimate of drug-likeness (QED) is 0.597. The second-order valence-electron chi connectivity index (χ2n) is 8.21. The van der Waals surface area contributed by atoms with Gasteiger partial charge in [0.25, 0.3) is 11.5 Å². The van der Waals surface area contributed by atoms with Gasteiger partial charge in [0.2, 0.25) is 0 Å². The number of piperidine rings is 1. The molecule has 0 saturated carbocycles. The van der Waals surface area contributed by atoms with Crippen LogP contribution in [0.15, 0.2) is 53.5 Å². The van der Waals surface area contributed by atoms with Gasteiger partial charge in [-0.25, -0.2) is 9.49 Å². The largest absolute Gasteiger partial charge is 0.370 e. The number of nitrogens with zero attached hydrogens (tertiary/aromatic N) is 3. The number of benzene rings is 1. The Morgan fingerprint density at radius 2 is 2.12 bits per heavy atom. The molecule has 0 radical (unpaired) electrons. The van der Waals surface area contributed by atoms with Crippen LogP contribution in [0.3, 0.4) is 0 Å². The van der Waals surface area contributed by atoms with Gasteiger partial charge in [0.15, 0.2) is 0 Å². The summed E-state index contributed by atoms with van der Waals surface area (Å²) in [6, 6.07) is 11.9. The number of likely N-dealkylation sites (tertiary alicyclic amines) is 1. The number of aromatic amines is 1. The molecule has 1 amide bonds. The number of carbonyl (C=O) groups excluding carboxylic acids is 1. The van der Waals surface area contributed by atoms with Crippen LogP contribution in [0.25, 0.3) is 0 Å². The number of rotatable bonds is 7. The smallest absolute Gasteiger partial charge is 0.267 e. The Kier molecular flexibility index (Phi) is 7.24. The van der Waals surface area contributed by atoms with Crippen molar-refractivity contribution < 1.29 is 13.9 Å². The summed E-state index contributed by atoms with van der Waals surface area (Å²) < 4.78 is 20.6. The van der Waals surface area contributed by atoms with E-state index >= 15 is 0 Å². The monoisotopic (exact) mass is 450 g/mol. The van der Waals surface area contributed by atoms with Crippen molar-refractivity contribution in [3.05, 3.63) is 92.9 Å². The Morgan fingerprint density at radius 3 is 2.91 bits per heavy atom. The lowest BCUT2D eigenvalue weighted by Gasteiger charge is -2.32. The summed E-state index contributed by atoms with van der Waals surface area (Å²) in [4.78, 5) is 30.8. The molecule has 4 rings (SSSR count). The van der Waals surface area contributed by atoms with Gasteiger partial charge in [-0.3, -0.25) is 14.6 Å². The van der Waals surface area contributed by atoms with Crippen LogP contribution in [0.1, 0.15) is 52.6 Å². The molecule has 1 aromatic carbocycles. The number of hydrogen-bond donors (Lipinski definition) is 1. The second-order valence-corrected chi connectivity index (χ2v) is 8.21. The Labute approximate surface area is 191 Å². The minimum Gasteiger partial charge on any atom is -0.370 e. The lowest BCUT2D eigenvalue weighted by atomic mass is 10.0. The van der Waals surface area contributed by atoms with Crippen LogP contribution < -0.4 is 5.56 Å². The molecule has 7 nitrogen and oxygen atoms in total. The topological polar surface area (TPSA) is 88.2 Å². The maximum Gasteiger partial charge on any atom is 0.267 e. The Morgan fingerprint density at radius 1 is 1.24 bits per heavy atom. The summed E-state index contributed by atoms with van der Waals surface area (Å²) in [5.74, 6) is -0.895. The van der Waals surface area contributed by atoms with Crippen molar-refractivity contribution in [2.45, 2.75) is 45.3 Å². The molecule has 33 heavy (non-hydrogen) atoms. The predicted octanol–water partition coefficient (Wildman–Crippen LogP) is 3.28. The summed E-state index contributed by atoms with van der Waals surface area (Å²) in [5.41, 5.74) is 2.73. The zero-order chi connectivity index (χ0) is 23.2. The third-order valence-corrected chi connectivity index (χ3v) is 5.82. The summed E-state index contributed by atoms with van der Waals surface area (Å²) in [5, 5.41) is 6.57. The van der Waals surface area contributed by atoms with Gasteiger partial charge in [-0.15, -0.1) is 0 Å². The van der Waals surface area contributed by atoms with Crippen molar-refractivity contribution in [2.75, 3.05) is 13.1 Å². The highest BCUT2D eigenvalue weighted by atomic mass is 19.1. The predicted molar refractivity (Wildman–Crippen MR) is 121 cm³/mol. The van der Waals surface area contributed by atoms with E-state index in [-0.39, 0.29) is 23.1 Å². The van der Waals surface area contributed by atoms with E-state index in [4.69, 9.17) is 4.74 Å². The molecule has 1 unspecified atom stereocenters. The Bertz CT molecular complexity index is 1170. The van der Waals surface area contributed by atoms with Crippen molar-refractivity contribution in [2.24, 2.45) is 0 Å². The normalized spacial score (nSPS) is 16.1. The fourth-order valence-corrected chi connectivity index (χ4v) is 4.02. The zero-order valence-electron chi connectivity index (χ0n) is 18.6. The molecule has 1 aliphatic heterocycles. The number of halogens is 1. The van der Waals surface area contributed by atoms with Gasteiger partial charge in [-0.2, -0.15) is 5.10 Å². The van der Waals surface area contributed by atoms with E-state index in [2.05, 4.69) is 15.2 Å². The molecule has 3 aromatic rings. The molecule has 2 aromatic heterocycles. The second kappa shape index (κ2) is 10.5. The highest BCUT2D eigenvalue weighted by Gasteiger charge is 2.27. The molecule has 0 spiro atoms. The number of amides is 1. The fourth-order valence-electron chi connectivity index (χ4n) is 4.02. The molecule has 1 atom stereocenters. The van der Waals surface area contributed by atoms with Gasteiger partial charge >= 0.3 is 0 Å². The minimum atomic E-state index is -0.552. The molecule has 3 heterocycles. The van der Waals surface area contributed by atoms with Crippen LogP contribution in [-0.2, 0) is 24.2 Å². The van der Waals surface area contributed by atoms with Crippen LogP contribution >= 0.6 is 0 Å². The SMILES string of the molecule is CCc1cc(Cc2ccc(F)c(C(=O)N3CCCC(OCc4ccccn4)C3)c2)n[nH]c1=O. The van der Waals surface area contributed by atoms with E-state index < -0.39 is 5.82 Å². The van der Waals surface area contributed by atoms with Gasteiger partial charge in [0.1, 0.15) is 5.82 Å². The van der Waals surface area contributed by atoms with Gasteiger partial charge in [0.05, 0.1) is 29.7 Å². The van der Waals surface area contributed by atoms with Crippen LogP contribution in [0, 0.1) is 5.82 Å². The van der Waals surface area contributed by atoms with E-state index in [9.17, 15) is 14.0 Å². The Balaban J connectivity index is 1.44. The van der Waals surface area contributed by atoms with Crippen molar-refractivity contribution >= 4 is 5.91 Å². The van der Waals surface area contributed by atoms with Crippen LogP contribution in [-0.4, -0.2) is 45.2 Å². The molecular formula is C25H27FN4O3. The van der Waals surface area contributed by atoms with Crippen molar-refractivity contribution in [1.29, 1.82) is 0 Å². The number of H-pyrrole nitrogens is 1. The molecular weight excluding hydrogens is 423 g/mol. The molecule has 1 fully saturated rings.